The van der Waals surface area contributed by atoms with E-state index in [1.165, 1.54) is 26.8 Å². The number of nitrogens with one attached hydrogen (secondary N) is 2. The van der Waals surface area contributed by atoms with E-state index < -0.39 is 0 Å². The highest BCUT2D eigenvalue weighted by Crippen LogP contribution is 2.20. The van der Waals surface area contributed by atoms with Gasteiger partial charge in [0.15, 0.2) is 6.54 Å². The lowest BCUT2D eigenvalue weighted by atomic mass is 10.00. The summed E-state index contributed by atoms with van der Waals surface area (Å²) in [5.74, 6) is 0.125. The van der Waals surface area contributed by atoms with Crippen LogP contribution in [0.5, 0.6) is 0 Å². The zero-order valence-electron chi connectivity index (χ0n) is 15.2. The molecule has 1 unspecified atom stereocenters. The molecule has 0 saturated heterocycles. The van der Waals surface area contributed by atoms with Crippen molar-refractivity contribution in [3.63, 3.8) is 0 Å². The lowest BCUT2D eigenvalue weighted by Crippen LogP contribution is -3.12. The lowest BCUT2D eigenvalue weighted by molar-refractivity contribution is -0.908. The smallest absolute Gasteiger partial charge is 0.275 e. The molecule has 0 saturated carbocycles. The number of rotatable bonds is 4. The Bertz CT molecular complexity index is 934. The molecule has 3 aromatic rings. The van der Waals surface area contributed by atoms with E-state index in [4.69, 9.17) is 0 Å². The van der Waals surface area contributed by atoms with Gasteiger partial charge in [-0.15, -0.1) is 0 Å². The van der Waals surface area contributed by atoms with E-state index in [2.05, 4.69) is 66.8 Å². The van der Waals surface area contributed by atoms with Crippen LogP contribution in [-0.4, -0.2) is 19.0 Å². The SMILES string of the molecule is C[C@@H](NC(=O)C[NH+]1CCc2ccccc2C1)c1ccc2ccccc2c1. The molecule has 0 spiro atoms. The van der Waals surface area contributed by atoms with Crippen LogP contribution in [-0.2, 0) is 17.8 Å². The van der Waals surface area contributed by atoms with Crippen LogP contribution in [0.1, 0.15) is 29.7 Å². The van der Waals surface area contributed by atoms with Gasteiger partial charge in [0.05, 0.1) is 12.6 Å². The summed E-state index contributed by atoms with van der Waals surface area (Å²) in [6.45, 7) is 4.55. The van der Waals surface area contributed by atoms with E-state index in [-0.39, 0.29) is 11.9 Å². The van der Waals surface area contributed by atoms with E-state index >= 15 is 0 Å². The van der Waals surface area contributed by atoms with Crippen molar-refractivity contribution in [1.82, 2.24) is 5.32 Å². The quantitative estimate of drug-likeness (QED) is 0.749. The highest BCUT2D eigenvalue weighted by atomic mass is 16.2. The van der Waals surface area contributed by atoms with Gasteiger partial charge in [0.25, 0.3) is 5.91 Å². The van der Waals surface area contributed by atoms with Gasteiger partial charge in [-0.3, -0.25) is 4.79 Å². The van der Waals surface area contributed by atoms with Crippen LogP contribution in [0.4, 0.5) is 0 Å². The van der Waals surface area contributed by atoms with Crippen LogP contribution in [0.25, 0.3) is 10.8 Å². The zero-order chi connectivity index (χ0) is 17.9. The fourth-order valence-corrected chi connectivity index (χ4v) is 3.87. The number of benzene rings is 3. The topological polar surface area (TPSA) is 33.5 Å². The van der Waals surface area contributed by atoms with Crippen LogP contribution >= 0.6 is 0 Å². The van der Waals surface area contributed by atoms with Gasteiger partial charge >= 0.3 is 0 Å². The van der Waals surface area contributed by atoms with Gasteiger partial charge in [0.2, 0.25) is 0 Å². The molecular formula is C23H25N2O+. The number of fused-ring (bicyclic) bond motifs is 2. The minimum absolute atomic E-state index is 0.0172. The minimum Gasteiger partial charge on any atom is -0.345 e. The molecule has 0 aliphatic carbocycles. The molecular weight excluding hydrogens is 320 g/mol. The van der Waals surface area contributed by atoms with E-state index in [9.17, 15) is 4.79 Å². The molecule has 26 heavy (non-hydrogen) atoms. The maximum absolute atomic E-state index is 12.5. The van der Waals surface area contributed by atoms with Crippen molar-refractivity contribution in [2.45, 2.75) is 25.9 Å². The average Bonchev–Trinajstić information content (AvgIpc) is 2.67. The van der Waals surface area contributed by atoms with Gasteiger partial charge in [-0.05, 0) is 34.9 Å². The Morgan fingerprint density at radius 3 is 2.58 bits per heavy atom. The molecule has 3 nitrogen and oxygen atoms in total. The van der Waals surface area contributed by atoms with Crippen LogP contribution in [0.15, 0.2) is 66.7 Å². The molecule has 0 radical (unpaired) electrons. The molecule has 3 heteroatoms. The fraction of sp³-hybridized carbons (Fsp3) is 0.261. The Hall–Kier alpha value is -2.65. The van der Waals surface area contributed by atoms with Crippen LogP contribution in [0.3, 0.4) is 0 Å². The van der Waals surface area contributed by atoms with E-state index in [1.54, 1.807) is 0 Å². The monoisotopic (exact) mass is 345 g/mol. The van der Waals surface area contributed by atoms with Gasteiger partial charge in [-0.2, -0.15) is 0 Å². The summed E-state index contributed by atoms with van der Waals surface area (Å²) >= 11 is 0. The molecule has 3 aromatic carbocycles. The molecule has 0 aromatic heterocycles. The third-order valence-electron chi connectivity index (χ3n) is 5.37. The van der Waals surface area contributed by atoms with Crippen LogP contribution in [0.2, 0.25) is 0 Å². The predicted molar refractivity (Wildman–Crippen MR) is 105 cm³/mol. The largest absolute Gasteiger partial charge is 0.345 e. The Kier molecular flexibility index (Phi) is 4.72. The number of hydrogen-bond acceptors (Lipinski definition) is 1. The highest BCUT2D eigenvalue weighted by Gasteiger charge is 2.22. The summed E-state index contributed by atoms with van der Waals surface area (Å²) in [6.07, 6.45) is 1.05. The number of carbonyl (C=O) groups is 1. The van der Waals surface area contributed by atoms with E-state index in [0.29, 0.717) is 6.54 Å². The van der Waals surface area contributed by atoms with Gasteiger partial charge in [0.1, 0.15) is 6.54 Å². The molecule has 132 valence electrons. The lowest BCUT2D eigenvalue weighted by Gasteiger charge is -2.26. The average molecular weight is 345 g/mol. The Balaban J connectivity index is 1.38. The maximum atomic E-state index is 12.5. The van der Waals surface area contributed by atoms with Crippen LogP contribution < -0.4 is 10.2 Å². The Morgan fingerprint density at radius 2 is 1.73 bits per heavy atom. The van der Waals surface area contributed by atoms with Crippen LogP contribution in [0, 0.1) is 0 Å². The Morgan fingerprint density at radius 1 is 1.00 bits per heavy atom. The summed E-state index contributed by atoms with van der Waals surface area (Å²) in [5, 5.41) is 5.61. The first-order valence-electron chi connectivity index (χ1n) is 9.37. The van der Waals surface area contributed by atoms with Gasteiger partial charge < -0.3 is 10.2 Å². The number of carbonyl (C=O) groups excluding carboxylic acids is 1. The summed E-state index contributed by atoms with van der Waals surface area (Å²) < 4.78 is 0. The zero-order valence-corrected chi connectivity index (χ0v) is 15.2. The standard InChI is InChI=1S/C23H24N2O/c1-17(20-11-10-18-6-2-4-8-21(18)14-20)24-23(26)16-25-13-12-19-7-3-5-9-22(19)15-25/h2-11,14,17H,12-13,15-16H2,1H3,(H,24,26)/p+1/t17-/m1/s1. The third kappa shape index (κ3) is 3.63. The van der Waals surface area contributed by atoms with Gasteiger partial charge in [-0.1, -0.05) is 60.7 Å². The molecule has 1 heterocycles. The Labute approximate surface area is 154 Å². The predicted octanol–water partition coefficient (Wildman–Crippen LogP) is 2.66. The van der Waals surface area contributed by atoms with Crippen molar-refractivity contribution in [2.24, 2.45) is 0 Å². The second kappa shape index (κ2) is 7.30. The van der Waals surface area contributed by atoms with Gasteiger partial charge in [-0.25, -0.2) is 0 Å². The molecule has 2 N–H and O–H groups in total. The molecule has 0 bridgehead atoms. The number of hydrogen-bond donors (Lipinski definition) is 2. The van der Waals surface area contributed by atoms with E-state index in [0.717, 1.165) is 25.1 Å². The summed E-state index contributed by atoms with van der Waals surface area (Å²) in [5.41, 5.74) is 3.96. The maximum Gasteiger partial charge on any atom is 0.275 e. The molecule has 2 atom stereocenters. The van der Waals surface area contributed by atoms with Crippen molar-refractivity contribution < 1.29 is 9.69 Å². The number of quaternary nitrogens is 1. The first-order valence-corrected chi connectivity index (χ1v) is 9.37. The highest BCUT2D eigenvalue weighted by molar-refractivity contribution is 5.83. The normalized spacial score (nSPS) is 17.5. The fourth-order valence-electron chi connectivity index (χ4n) is 3.87. The second-order valence-electron chi connectivity index (χ2n) is 7.27. The second-order valence-corrected chi connectivity index (χ2v) is 7.27. The first kappa shape index (κ1) is 16.8. The van der Waals surface area contributed by atoms with Crippen molar-refractivity contribution in [1.29, 1.82) is 0 Å². The summed E-state index contributed by atoms with van der Waals surface area (Å²) in [6, 6.07) is 23.3. The first-order chi connectivity index (χ1) is 12.7. The summed E-state index contributed by atoms with van der Waals surface area (Å²) in [7, 11) is 0. The molecule has 1 aliphatic rings. The van der Waals surface area contributed by atoms with Crippen molar-refractivity contribution in [2.75, 3.05) is 13.1 Å². The summed E-state index contributed by atoms with van der Waals surface area (Å²) in [4.78, 5) is 13.9. The molecule has 1 aliphatic heterocycles. The molecule has 0 fully saturated rings. The van der Waals surface area contributed by atoms with Crippen molar-refractivity contribution in [3.05, 3.63) is 83.4 Å². The molecule has 1 amide bonds. The third-order valence-corrected chi connectivity index (χ3v) is 5.37. The minimum atomic E-state index is 0.0172. The van der Waals surface area contributed by atoms with E-state index in [1.807, 2.05) is 12.1 Å². The molecule has 4 rings (SSSR count). The van der Waals surface area contributed by atoms with Gasteiger partial charge in [0, 0.05) is 12.0 Å². The number of amides is 1. The van der Waals surface area contributed by atoms with Crippen molar-refractivity contribution >= 4 is 16.7 Å². The van der Waals surface area contributed by atoms with Crippen molar-refractivity contribution in [3.8, 4) is 0 Å².